The number of aromatic nitrogens is 1. The quantitative estimate of drug-likeness (QED) is 0.787. The number of rotatable bonds is 5. The predicted molar refractivity (Wildman–Crippen MR) is 66.6 cm³/mol. The van der Waals surface area contributed by atoms with Crippen molar-refractivity contribution in [3.8, 4) is 0 Å². The Morgan fingerprint density at radius 3 is 2.83 bits per heavy atom. The molecule has 1 rings (SSSR count). The monoisotopic (exact) mass is 254 g/mol. The van der Waals surface area contributed by atoms with Gasteiger partial charge in [0.2, 0.25) is 5.95 Å². The summed E-state index contributed by atoms with van der Waals surface area (Å²) >= 11 is 0. The maximum Gasteiger partial charge on any atom is 0.251 e. The minimum absolute atomic E-state index is 0.133. The van der Waals surface area contributed by atoms with E-state index in [4.69, 9.17) is 0 Å². The van der Waals surface area contributed by atoms with Gasteiger partial charge in [-0.1, -0.05) is 13.8 Å². The molecule has 0 fully saturated rings. The molecule has 5 heteroatoms. The highest BCUT2D eigenvalue weighted by atomic mass is 19.1. The lowest BCUT2D eigenvalue weighted by atomic mass is 9.94. The van der Waals surface area contributed by atoms with Crippen LogP contribution < -0.4 is 5.32 Å². The molecule has 1 amide bonds. The van der Waals surface area contributed by atoms with E-state index in [2.05, 4.69) is 10.3 Å². The number of pyridine rings is 1. The highest BCUT2D eigenvalue weighted by Gasteiger charge is 2.22. The summed E-state index contributed by atoms with van der Waals surface area (Å²) in [7, 11) is 0. The molecule has 0 aliphatic heterocycles. The van der Waals surface area contributed by atoms with E-state index in [-0.39, 0.29) is 12.1 Å². The second-order valence-corrected chi connectivity index (χ2v) is 5.14. The van der Waals surface area contributed by atoms with Gasteiger partial charge in [-0.25, -0.2) is 4.98 Å². The van der Waals surface area contributed by atoms with Crippen molar-refractivity contribution < 1.29 is 14.3 Å². The number of nitrogens with zero attached hydrogens (tertiary/aromatic N) is 1. The molecule has 1 aromatic heterocycles. The molecule has 0 aromatic carbocycles. The molecule has 0 aliphatic carbocycles. The van der Waals surface area contributed by atoms with Crippen LogP contribution in [0.1, 0.15) is 37.6 Å². The summed E-state index contributed by atoms with van der Waals surface area (Å²) in [5.74, 6) is -0.785. The first-order valence-electron chi connectivity index (χ1n) is 5.92. The zero-order valence-corrected chi connectivity index (χ0v) is 10.9. The first kappa shape index (κ1) is 14.6. The van der Waals surface area contributed by atoms with Gasteiger partial charge in [0.1, 0.15) is 0 Å². The summed E-state index contributed by atoms with van der Waals surface area (Å²) in [5.41, 5.74) is -0.766. The van der Waals surface area contributed by atoms with Crippen LogP contribution in [0, 0.1) is 11.9 Å². The number of halogens is 1. The number of carbonyl (C=O) groups is 1. The summed E-state index contributed by atoms with van der Waals surface area (Å²) in [6, 6.07) is 2.49. The van der Waals surface area contributed by atoms with Crippen LogP contribution in [0.25, 0.3) is 0 Å². The van der Waals surface area contributed by atoms with Crippen molar-refractivity contribution in [1.29, 1.82) is 0 Å². The molecule has 18 heavy (non-hydrogen) atoms. The van der Waals surface area contributed by atoms with Gasteiger partial charge in [-0.15, -0.1) is 0 Å². The summed E-state index contributed by atoms with van der Waals surface area (Å²) in [4.78, 5) is 15.1. The number of carbonyl (C=O) groups excluding carboxylic acids is 1. The van der Waals surface area contributed by atoms with Crippen LogP contribution in [0.4, 0.5) is 4.39 Å². The van der Waals surface area contributed by atoms with E-state index in [0.717, 1.165) is 6.07 Å². The summed E-state index contributed by atoms with van der Waals surface area (Å²) in [6.45, 7) is 5.79. The summed E-state index contributed by atoms with van der Waals surface area (Å²) < 4.78 is 12.8. The van der Waals surface area contributed by atoms with Crippen molar-refractivity contribution in [2.75, 3.05) is 6.54 Å². The molecule has 0 aliphatic rings. The molecule has 1 atom stereocenters. The maximum absolute atomic E-state index is 12.8. The first-order valence-corrected chi connectivity index (χ1v) is 5.92. The van der Waals surface area contributed by atoms with E-state index in [1.165, 1.54) is 12.3 Å². The van der Waals surface area contributed by atoms with Gasteiger partial charge in [-0.3, -0.25) is 4.79 Å². The Morgan fingerprint density at radius 2 is 2.28 bits per heavy atom. The molecule has 1 heterocycles. The normalized spacial score (nSPS) is 14.3. The minimum atomic E-state index is -0.963. The summed E-state index contributed by atoms with van der Waals surface area (Å²) in [6.07, 6.45) is 1.81. The average Bonchev–Trinajstić information content (AvgIpc) is 2.24. The standard InChI is InChI=1S/C13H19FN2O2/c1-9(2)7-13(3,18)8-16-12(17)10-4-5-15-11(14)6-10/h4-6,9,18H,7-8H2,1-3H3,(H,16,17). The molecule has 1 unspecified atom stereocenters. The van der Waals surface area contributed by atoms with Gasteiger partial charge >= 0.3 is 0 Å². The molecule has 1 aromatic rings. The molecule has 0 bridgehead atoms. The van der Waals surface area contributed by atoms with Gasteiger partial charge in [0, 0.05) is 24.4 Å². The lowest BCUT2D eigenvalue weighted by molar-refractivity contribution is 0.0368. The van der Waals surface area contributed by atoms with E-state index < -0.39 is 17.5 Å². The molecule has 0 saturated carbocycles. The van der Waals surface area contributed by atoms with Crippen LogP contribution in [0.15, 0.2) is 18.3 Å². The first-order chi connectivity index (χ1) is 8.30. The van der Waals surface area contributed by atoms with E-state index in [9.17, 15) is 14.3 Å². The third kappa shape index (κ3) is 4.79. The molecule has 0 spiro atoms. The van der Waals surface area contributed by atoms with Crippen molar-refractivity contribution in [3.63, 3.8) is 0 Å². The summed E-state index contributed by atoms with van der Waals surface area (Å²) in [5, 5.41) is 12.6. The second-order valence-electron chi connectivity index (χ2n) is 5.14. The van der Waals surface area contributed by atoms with Gasteiger partial charge in [0.25, 0.3) is 5.91 Å². The number of aliphatic hydroxyl groups is 1. The maximum atomic E-state index is 12.8. The highest BCUT2D eigenvalue weighted by molar-refractivity contribution is 5.94. The fourth-order valence-electron chi connectivity index (χ4n) is 1.87. The molecule has 2 N–H and O–H groups in total. The van der Waals surface area contributed by atoms with Crippen LogP contribution in [0.2, 0.25) is 0 Å². The Balaban J connectivity index is 2.56. The van der Waals surface area contributed by atoms with E-state index in [0.29, 0.717) is 12.3 Å². The van der Waals surface area contributed by atoms with Crippen LogP contribution >= 0.6 is 0 Å². The Bertz CT molecular complexity index is 419. The zero-order chi connectivity index (χ0) is 13.8. The lowest BCUT2D eigenvalue weighted by Gasteiger charge is -2.25. The number of amides is 1. The van der Waals surface area contributed by atoms with Gasteiger partial charge in [-0.05, 0) is 25.3 Å². The van der Waals surface area contributed by atoms with Crippen LogP contribution in [0.5, 0.6) is 0 Å². The second kappa shape index (κ2) is 5.91. The van der Waals surface area contributed by atoms with Crippen molar-refractivity contribution in [3.05, 3.63) is 29.8 Å². The average molecular weight is 254 g/mol. The van der Waals surface area contributed by atoms with Gasteiger partial charge < -0.3 is 10.4 Å². The smallest absolute Gasteiger partial charge is 0.251 e. The SMILES string of the molecule is CC(C)CC(C)(O)CNC(=O)c1ccnc(F)c1. The lowest BCUT2D eigenvalue weighted by Crippen LogP contribution is -2.41. The number of hydrogen-bond acceptors (Lipinski definition) is 3. The molecule has 0 saturated heterocycles. The molecular formula is C13H19FN2O2. The largest absolute Gasteiger partial charge is 0.388 e. The zero-order valence-electron chi connectivity index (χ0n) is 10.9. The van der Waals surface area contributed by atoms with E-state index in [1.807, 2.05) is 13.8 Å². The topological polar surface area (TPSA) is 62.2 Å². The Morgan fingerprint density at radius 1 is 1.61 bits per heavy atom. The Labute approximate surface area is 106 Å². The van der Waals surface area contributed by atoms with Gasteiger partial charge in [-0.2, -0.15) is 4.39 Å². The highest BCUT2D eigenvalue weighted by Crippen LogP contribution is 2.15. The van der Waals surface area contributed by atoms with Crippen LogP contribution in [0.3, 0.4) is 0 Å². The number of hydrogen-bond donors (Lipinski definition) is 2. The van der Waals surface area contributed by atoms with Crippen molar-refractivity contribution in [2.45, 2.75) is 32.8 Å². The number of nitrogens with one attached hydrogen (secondary N) is 1. The Kier molecular flexibility index (Phi) is 4.78. The minimum Gasteiger partial charge on any atom is -0.388 e. The fraction of sp³-hybridized carbons (Fsp3) is 0.538. The van der Waals surface area contributed by atoms with Crippen molar-refractivity contribution in [2.24, 2.45) is 5.92 Å². The van der Waals surface area contributed by atoms with Crippen molar-refractivity contribution in [1.82, 2.24) is 10.3 Å². The Hall–Kier alpha value is -1.49. The van der Waals surface area contributed by atoms with Crippen LogP contribution in [-0.4, -0.2) is 28.1 Å². The van der Waals surface area contributed by atoms with Gasteiger partial charge in [0.05, 0.1) is 5.60 Å². The molecule has 4 nitrogen and oxygen atoms in total. The fourth-order valence-corrected chi connectivity index (χ4v) is 1.87. The predicted octanol–water partition coefficient (Wildman–Crippen LogP) is 1.75. The third-order valence-corrected chi connectivity index (χ3v) is 2.47. The molecule has 100 valence electrons. The molecular weight excluding hydrogens is 235 g/mol. The van der Waals surface area contributed by atoms with Crippen LogP contribution in [-0.2, 0) is 0 Å². The van der Waals surface area contributed by atoms with E-state index >= 15 is 0 Å². The molecule has 0 radical (unpaired) electrons. The third-order valence-electron chi connectivity index (χ3n) is 2.47. The van der Waals surface area contributed by atoms with Crippen molar-refractivity contribution >= 4 is 5.91 Å². The van der Waals surface area contributed by atoms with Gasteiger partial charge in [0.15, 0.2) is 0 Å². The van der Waals surface area contributed by atoms with E-state index in [1.54, 1.807) is 6.92 Å².